The summed E-state index contributed by atoms with van der Waals surface area (Å²) < 4.78 is 2.18. The van der Waals surface area contributed by atoms with E-state index in [1.807, 2.05) is 18.6 Å². The van der Waals surface area contributed by atoms with Crippen LogP contribution in [0.5, 0.6) is 0 Å². The molecule has 2 aliphatic rings. The second-order valence-electron chi connectivity index (χ2n) is 8.30. The lowest BCUT2D eigenvalue weighted by molar-refractivity contribution is 0.137. The highest BCUT2D eigenvalue weighted by Crippen LogP contribution is 2.66. The van der Waals surface area contributed by atoms with E-state index in [-0.39, 0.29) is 0 Å². The van der Waals surface area contributed by atoms with Crippen molar-refractivity contribution >= 4 is 6.21 Å². The molecule has 2 aliphatic carbocycles. The van der Waals surface area contributed by atoms with Gasteiger partial charge >= 0.3 is 0 Å². The Morgan fingerprint density at radius 1 is 1.25 bits per heavy atom. The quantitative estimate of drug-likeness (QED) is 0.759. The third kappa shape index (κ3) is 2.33. The Balaban J connectivity index is 1.53. The first-order chi connectivity index (χ1) is 11.5. The summed E-state index contributed by atoms with van der Waals surface area (Å²) in [6.45, 7) is 8.17. The maximum Gasteiger partial charge on any atom is 0.150 e. The highest BCUT2D eigenvalue weighted by Gasteiger charge is 2.61. The van der Waals surface area contributed by atoms with Crippen LogP contribution >= 0.6 is 0 Å². The van der Waals surface area contributed by atoms with Crippen molar-refractivity contribution in [3.8, 4) is 0 Å². The Bertz CT molecular complexity index is 743. The molecule has 3 atom stereocenters. The fourth-order valence-electron chi connectivity index (χ4n) is 4.91. The number of imidazole rings is 1. The maximum atomic E-state index is 5.01. The molecule has 0 radical (unpaired) electrons. The number of hydrogen-bond donors (Lipinski definition) is 0. The minimum atomic E-state index is 0.338. The van der Waals surface area contributed by atoms with E-state index < -0.39 is 0 Å². The maximum absolute atomic E-state index is 5.01. The molecule has 3 heteroatoms. The molecule has 3 nitrogen and oxygen atoms in total. The number of nitrogens with zero attached hydrogens (tertiary/aromatic N) is 3. The smallest absolute Gasteiger partial charge is 0.150 e. The minimum absolute atomic E-state index is 0.338. The predicted molar refractivity (Wildman–Crippen MR) is 98.4 cm³/mol. The largest absolute Gasteiger partial charge is 0.326 e. The average Bonchev–Trinajstić information content (AvgIpc) is 3.15. The molecule has 2 bridgehead atoms. The van der Waals surface area contributed by atoms with E-state index in [0.717, 1.165) is 18.3 Å². The van der Waals surface area contributed by atoms with Gasteiger partial charge in [-0.05, 0) is 41.6 Å². The molecule has 24 heavy (non-hydrogen) atoms. The number of benzene rings is 1. The summed E-state index contributed by atoms with van der Waals surface area (Å²) in [4.78, 5) is 9.52. The van der Waals surface area contributed by atoms with Crippen LogP contribution in [-0.4, -0.2) is 21.8 Å². The average molecular weight is 321 g/mol. The van der Waals surface area contributed by atoms with Crippen LogP contribution in [0, 0.1) is 16.7 Å². The molecular formula is C21H27N3. The van der Waals surface area contributed by atoms with Crippen molar-refractivity contribution in [3.63, 3.8) is 0 Å². The van der Waals surface area contributed by atoms with Crippen LogP contribution in [0.15, 0.2) is 47.7 Å². The second kappa shape index (κ2) is 5.58. The van der Waals surface area contributed by atoms with Gasteiger partial charge in [0.05, 0.1) is 12.3 Å². The monoisotopic (exact) mass is 321 g/mol. The van der Waals surface area contributed by atoms with Gasteiger partial charge in [0.25, 0.3) is 0 Å². The highest BCUT2D eigenvalue weighted by molar-refractivity contribution is 5.75. The number of hydrogen-bond acceptors (Lipinski definition) is 2. The van der Waals surface area contributed by atoms with Gasteiger partial charge < -0.3 is 4.57 Å². The lowest BCUT2D eigenvalue weighted by Crippen LogP contribution is -2.34. The van der Waals surface area contributed by atoms with E-state index in [1.54, 1.807) is 0 Å². The van der Waals surface area contributed by atoms with Crippen LogP contribution in [0.1, 0.15) is 51.4 Å². The molecule has 1 aromatic carbocycles. The molecule has 0 amide bonds. The Morgan fingerprint density at radius 3 is 2.71 bits per heavy atom. The van der Waals surface area contributed by atoms with E-state index >= 15 is 0 Å². The van der Waals surface area contributed by atoms with Gasteiger partial charge in [-0.3, -0.25) is 4.99 Å². The van der Waals surface area contributed by atoms with Gasteiger partial charge in [-0.2, -0.15) is 0 Å². The van der Waals surface area contributed by atoms with Crippen LogP contribution < -0.4 is 0 Å². The Morgan fingerprint density at radius 2 is 2.04 bits per heavy atom. The van der Waals surface area contributed by atoms with E-state index in [1.165, 1.54) is 24.8 Å². The van der Waals surface area contributed by atoms with Crippen molar-refractivity contribution in [2.45, 2.75) is 52.6 Å². The molecular weight excluding hydrogens is 294 g/mol. The Hall–Kier alpha value is -1.90. The summed E-state index contributed by atoms with van der Waals surface area (Å²) in [6.07, 6.45) is 9.84. The molecule has 126 valence electrons. The predicted octanol–water partition coefficient (Wildman–Crippen LogP) is 4.57. The van der Waals surface area contributed by atoms with E-state index in [4.69, 9.17) is 4.99 Å². The van der Waals surface area contributed by atoms with Crippen molar-refractivity contribution in [2.75, 3.05) is 0 Å². The third-order valence-electron chi connectivity index (χ3n) is 7.06. The zero-order valence-corrected chi connectivity index (χ0v) is 14.9. The van der Waals surface area contributed by atoms with Crippen molar-refractivity contribution in [1.29, 1.82) is 0 Å². The summed E-state index contributed by atoms with van der Waals surface area (Å²) in [6, 6.07) is 11.0. The molecule has 0 N–H and O–H groups in total. The van der Waals surface area contributed by atoms with E-state index in [2.05, 4.69) is 60.7 Å². The fourth-order valence-corrected chi connectivity index (χ4v) is 4.91. The van der Waals surface area contributed by atoms with Gasteiger partial charge in [-0.15, -0.1) is 0 Å². The zero-order valence-electron chi connectivity index (χ0n) is 14.9. The Labute approximate surface area is 144 Å². The standard InChI is InChI=1S/C21H27N3/c1-20(2)17-9-10-21(20,3)18(13-17)23-14-19-22-11-12-24(19)15-16-7-5-4-6-8-16/h4-8,11-12,14,17-18H,9-10,13,15H2,1-3H3/t17-,18-,21+/m1/s1. The molecule has 1 heterocycles. The molecule has 0 spiro atoms. The normalized spacial score (nSPS) is 31.1. The topological polar surface area (TPSA) is 30.2 Å². The lowest BCUT2D eigenvalue weighted by atomic mass is 9.69. The number of aliphatic imine (C=N–C) groups is 1. The van der Waals surface area contributed by atoms with E-state index in [9.17, 15) is 0 Å². The van der Waals surface area contributed by atoms with Gasteiger partial charge in [0.1, 0.15) is 0 Å². The number of aromatic nitrogens is 2. The fraction of sp³-hybridized carbons (Fsp3) is 0.524. The summed E-state index contributed by atoms with van der Waals surface area (Å²) >= 11 is 0. The molecule has 2 fully saturated rings. The van der Waals surface area contributed by atoms with Crippen molar-refractivity contribution < 1.29 is 0 Å². The summed E-state index contributed by atoms with van der Waals surface area (Å²) in [5.41, 5.74) is 2.04. The van der Waals surface area contributed by atoms with E-state index in [0.29, 0.717) is 16.9 Å². The van der Waals surface area contributed by atoms with Crippen molar-refractivity contribution in [1.82, 2.24) is 9.55 Å². The first-order valence-electron chi connectivity index (χ1n) is 9.09. The number of fused-ring (bicyclic) bond motifs is 2. The molecule has 1 aromatic heterocycles. The molecule has 2 aromatic rings. The van der Waals surface area contributed by atoms with Gasteiger partial charge in [-0.1, -0.05) is 51.1 Å². The van der Waals surface area contributed by atoms with Crippen molar-refractivity contribution in [3.05, 3.63) is 54.1 Å². The lowest BCUT2D eigenvalue weighted by Gasteiger charge is -2.37. The zero-order chi connectivity index (χ0) is 16.8. The SMILES string of the molecule is CC1(C)[C@@H]2CC[C@@]1(C)[C@H](N=Cc1nccn1Cc1ccccc1)C2. The number of rotatable bonds is 4. The molecule has 0 saturated heterocycles. The molecule has 0 unspecified atom stereocenters. The van der Waals surface area contributed by atoms with Crippen LogP contribution in [-0.2, 0) is 6.54 Å². The summed E-state index contributed by atoms with van der Waals surface area (Å²) in [5, 5.41) is 0. The van der Waals surface area contributed by atoms with Crippen LogP contribution in [0.2, 0.25) is 0 Å². The summed E-state index contributed by atoms with van der Waals surface area (Å²) in [7, 11) is 0. The molecule has 0 aliphatic heterocycles. The van der Waals surface area contributed by atoms with Crippen LogP contribution in [0.4, 0.5) is 0 Å². The van der Waals surface area contributed by atoms with Gasteiger partial charge in [0.15, 0.2) is 5.82 Å². The van der Waals surface area contributed by atoms with Crippen molar-refractivity contribution in [2.24, 2.45) is 21.7 Å². The van der Waals surface area contributed by atoms with Gasteiger partial charge in [0.2, 0.25) is 0 Å². The first-order valence-corrected chi connectivity index (χ1v) is 9.09. The summed E-state index contributed by atoms with van der Waals surface area (Å²) in [5.74, 6) is 1.79. The molecule has 4 rings (SSSR count). The van der Waals surface area contributed by atoms with Gasteiger partial charge in [0, 0.05) is 18.9 Å². The van der Waals surface area contributed by atoms with Crippen LogP contribution in [0.3, 0.4) is 0 Å². The first kappa shape index (κ1) is 15.6. The third-order valence-corrected chi connectivity index (χ3v) is 7.06. The second-order valence-corrected chi connectivity index (χ2v) is 8.30. The minimum Gasteiger partial charge on any atom is -0.326 e. The van der Waals surface area contributed by atoms with Crippen LogP contribution in [0.25, 0.3) is 0 Å². The Kier molecular flexibility index (Phi) is 3.63. The highest BCUT2D eigenvalue weighted by atomic mass is 15.1. The van der Waals surface area contributed by atoms with Gasteiger partial charge in [-0.25, -0.2) is 4.98 Å². The molecule has 2 saturated carbocycles.